The second kappa shape index (κ2) is 7.13. The fourth-order valence-corrected chi connectivity index (χ4v) is 1.77. The molecule has 0 bridgehead atoms. The van der Waals surface area contributed by atoms with Gasteiger partial charge < -0.3 is 10.1 Å². The summed E-state index contributed by atoms with van der Waals surface area (Å²) >= 11 is 0. The predicted molar refractivity (Wildman–Crippen MR) is 73.6 cm³/mol. The Bertz CT molecular complexity index is 360. The van der Waals surface area contributed by atoms with Crippen molar-refractivity contribution in [1.29, 1.82) is 0 Å². The van der Waals surface area contributed by atoms with Gasteiger partial charge in [0.1, 0.15) is 5.75 Å². The van der Waals surface area contributed by atoms with Crippen LogP contribution in [0.4, 0.5) is 0 Å². The molecule has 0 fully saturated rings. The monoisotopic (exact) mass is 233 g/mol. The molecule has 1 N–H and O–H groups in total. The van der Waals surface area contributed by atoms with Crippen molar-refractivity contribution in [2.75, 3.05) is 13.7 Å². The first-order valence-electron chi connectivity index (χ1n) is 6.19. The molecule has 0 saturated carbocycles. The number of hydrogen-bond donors (Lipinski definition) is 1. The van der Waals surface area contributed by atoms with Gasteiger partial charge in [0.05, 0.1) is 7.11 Å². The summed E-state index contributed by atoms with van der Waals surface area (Å²) in [6.07, 6.45) is 2.11. The van der Waals surface area contributed by atoms with Gasteiger partial charge in [0.25, 0.3) is 0 Å². The van der Waals surface area contributed by atoms with Gasteiger partial charge in [0, 0.05) is 6.04 Å². The molecule has 0 spiro atoms. The summed E-state index contributed by atoms with van der Waals surface area (Å²) in [6, 6.07) is 8.57. The summed E-state index contributed by atoms with van der Waals surface area (Å²) in [7, 11) is 1.70. The van der Waals surface area contributed by atoms with Crippen LogP contribution in [0.15, 0.2) is 36.4 Å². The van der Waals surface area contributed by atoms with Crippen molar-refractivity contribution >= 4 is 0 Å². The molecule has 0 aliphatic rings. The Morgan fingerprint density at radius 3 is 2.82 bits per heavy atom. The van der Waals surface area contributed by atoms with Gasteiger partial charge in [-0.2, -0.15) is 0 Å². The molecule has 0 amide bonds. The van der Waals surface area contributed by atoms with E-state index >= 15 is 0 Å². The van der Waals surface area contributed by atoms with Gasteiger partial charge in [-0.3, -0.25) is 0 Å². The molecular weight excluding hydrogens is 210 g/mol. The summed E-state index contributed by atoms with van der Waals surface area (Å²) in [5, 5.41) is 3.51. The molecule has 0 heterocycles. The molecule has 0 saturated heterocycles. The molecule has 1 unspecified atom stereocenters. The SMILES string of the molecule is C=C(C)C(Cc1cccc(OC)c1)NCCC. The van der Waals surface area contributed by atoms with E-state index in [4.69, 9.17) is 4.74 Å². The average molecular weight is 233 g/mol. The van der Waals surface area contributed by atoms with Crippen LogP contribution in [0, 0.1) is 0 Å². The van der Waals surface area contributed by atoms with Crippen molar-refractivity contribution in [3.8, 4) is 5.75 Å². The van der Waals surface area contributed by atoms with E-state index < -0.39 is 0 Å². The summed E-state index contributed by atoms with van der Waals surface area (Å²) in [6.45, 7) is 9.33. The number of ether oxygens (including phenoxy) is 1. The van der Waals surface area contributed by atoms with Crippen LogP contribution in [0.5, 0.6) is 5.75 Å². The first-order valence-corrected chi connectivity index (χ1v) is 6.19. The third kappa shape index (κ3) is 4.61. The fraction of sp³-hybridized carbons (Fsp3) is 0.467. The second-order valence-electron chi connectivity index (χ2n) is 4.41. The molecule has 0 radical (unpaired) electrons. The summed E-state index contributed by atoms with van der Waals surface area (Å²) < 4.78 is 5.24. The Morgan fingerprint density at radius 1 is 1.47 bits per heavy atom. The molecule has 2 nitrogen and oxygen atoms in total. The van der Waals surface area contributed by atoms with E-state index in [1.165, 1.54) is 11.1 Å². The molecule has 17 heavy (non-hydrogen) atoms. The summed E-state index contributed by atoms with van der Waals surface area (Å²) in [5.74, 6) is 0.915. The Hall–Kier alpha value is -1.28. The van der Waals surface area contributed by atoms with Crippen molar-refractivity contribution in [3.63, 3.8) is 0 Å². The number of nitrogens with one attached hydrogen (secondary N) is 1. The summed E-state index contributed by atoms with van der Waals surface area (Å²) in [4.78, 5) is 0. The first-order chi connectivity index (χ1) is 8.17. The Labute approximate surface area is 105 Å². The predicted octanol–water partition coefficient (Wildman–Crippen LogP) is 3.18. The number of methoxy groups -OCH3 is 1. The van der Waals surface area contributed by atoms with Crippen molar-refractivity contribution in [1.82, 2.24) is 5.32 Å². The fourth-order valence-electron chi connectivity index (χ4n) is 1.77. The van der Waals surface area contributed by atoms with E-state index in [9.17, 15) is 0 Å². The van der Waals surface area contributed by atoms with Gasteiger partial charge in [-0.15, -0.1) is 0 Å². The Balaban J connectivity index is 2.67. The normalized spacial score (nSPS) is 12.2. The van der Waals surface area contributed by atoms with Crippen LogP contribution in [-0.4, -0.2) is 19.7 Å². The van der Waals surface area contributed by atoms with Crippen LogP contribution in [0.3, 0.4) is 0 Å². The van der Waals surface area contributed by atoms with Crippen LogP contribution in [0.2, 0.25) is 0 Å². The smallest absolute Gasteiger partial charge is 0.119 e. The maximum Gasteiger partial charge on any atom is 0.119 e. The molecule has 94 valence electrons. The van der Waals surface area contributed by atoms with Crippen LogP contribution >= 0.6 is 0 Å². The Morgan fingerprint density at radius 2 is 2.24 bits per heavy atom. The lowest BCUT2D eigenvalue weighted by Crippen LogP contribution is -2.32. The highest BCUT2D eigenvalue weighted by atomic mass is 16.5. The zero-order chi connectivity index (χ0) is 12.7. The summed E-state index contributed by atoms with van der Waals surface area (Å²) in [5.41, 5.74) is 2.46. The molecule has 0 aliphatic carbocycles. The van der Waals surface area contributed by atoms with Gasteiger partial charge >= 0.3 is 0 Å². The highest BCUT2D eigenvalue weighted by Gasteiger charge is 2.09. The van der Waals surface area contributed by atoms with E-state index in [2.05, 4.69) is 37.9 Å². The van der Waals surface area contributed by atoms with Gasteiger partial charge in [-0.05, 0) is 44.0 Å². The van der Waals surface area contributed by atoms with E-state index in [1.807, 2.05) is 12.1 Å². The lowest BCUT2D eigenvalue weighted by molar-refractivity contribution is 0.414. The van der Waals surface area contributed by atoms with E-state index in [-0.39, 0.29) is 0 Å². The standard InChI is InChI=1S/C15H23NO/c1-5-9-16-15(12(2)3)11-13-7-6-8-14(10-13)17-4/h6-8,10,15-16H,2,5,9,11H2,1,3-4H3. The van der Waals surface area contributed by atoms with E-state index in [0.717, 1.165) is 25.1 Å². The lowest BCUT2D eigenvalue weighted by atomic mass is 10.0. The molecular formula is C15H23NO. The van der Waals surface area contributed by atoms with Crippen molar-refractivity contribution < 1.29 is 4.74 Å². The molecule has 1 rings (SSSR count). The molecule has 1 aromatic rings. The highest BCUT2D eigenvalue weighted by Crippen LogP contribution is 2.15. The minimum atomic E-state index is 0.349. The largest absolute Gasteiger partial charge is 0.497 e. The van der Waals surface area contributed by atoms with Crippen molar-refractivity contribution in [2.24, 2.45) is 0 Å². The number of benzene rings is 1. The number of hydrogen-bond acceptors (Lipinski definition) is 2. The third-order valence-electron chi connectivity index (χ3n) is 2.81. The minimum absolute atomic E-state index is 0.349. The van der Waals surface area contributed by atoms with Gasteiger partial charge in [-0.25, -0.2) is 0 Å². The van der Waals surface area contributed by atoms with E-state index in [0.29, 0.717) is 6.04 Å². The molecule has 0 aliphatic heterocycles. The molecule has 1 aromatic carbocycles. The second-order valence-corrected chi connectivity index (χ2v) is 4.41. The zero-order valence-corrected chi connectivity index (χ0v) is 11.1. The molecule has 0 aromatic heterocycles. The van der Waals surface area contributed by atoms with E-state index in [1.54, 1.807) is 7.11 Å². The first kappa shape index (κ1) is 13.8. The van der Waals surface area contributed by atoms with Crippen molar-refractivity contribution in [3.05, 3.63) is 42.0 Å². The molecule has 2 heteroatoms. The van der Waals surface area contributed by atoms with Crippen LogP contribution < -0.4 is 10.1 Å². The lowest BCUT2D eigenvalue weighted by Gasteiger charge is -2.19. The zero-order valence-electron chi connectivity index (χ0n) is 11.1. The Kier molecular flexibility index (Phi) is 5.78. The average Bonchev–Trinajstić information content (AvgIpc) is 2.34. The van der Waals surface area contributed by atoms with Gasteiger partial charge in [-0.1, -0.05) is 31.2 Å². The maximum absolute atomic E-state index is 5.24. The van der Waals surface area contributed by atoms with Crippen LogP contribution in [-0.2, 0) is 6.42 Å². The topological polar surface area (TPSA) is 21.3 Å². The van der Waals surface area contributed by atoms with Crippen LogP contribution in [0.25, 0.3) is 0 Å². The van der Waals surface area contributed by atoms with Gasteiger partial charge in [0.2, 0.25) is 0 Å². The quantitative estimate of drug-likeness (QED) is 0.730. The van der Waals surface area contributed by atoms with Crippen LogP contribution in [0.1, 0.15) is 25.8 Å². The highest BCUT2D eigenvalue weighted by molar-refractivity contribution is 5.29. The number of rotatable bonds is 7. The third-order valence-corrected chi connectivity index (χ3v) is 2.81. The molecule has 1 atom stereocenters. The minimum Gasteiger partial charge on any atom is -0.497 e. The van der Waals surface area contributed by atoms with Gasteiger partial charge in [0.15, 0.2) is 0 Å². The van der Waals surface area contributed by atoms with Crippen molar-refractivity contribution in [2.45, 2.75) is 32.7 Å². The maximum atomic E-state index is 5.24.